The molecule has 1 aromatic carbocycles. The molecule has 0 radical (unpaired) electrons. The Bertz CT molecular complexity index is 634. The molecule has 1 N–H and O–H groups in total. The second-order valence-corrected chi connectivity index (χ2v) is 3.94. The van der Waals surface area contributed by atoms with Crippen LogP contribution in [0, 0.1) is 15.9 Å². The van der Waals surface area contributed by atoms with E-state index in [0.717, 1.165) is 17.8 Å². The molecule has 0 amide bonds. The maximum atomic E-state index is 13.0. The first kappa shape index (κ1) is 13.7. The molecule has 0 unspecified atom stereocenters. The zero-order valence-electron chi connectivity index (χ0n) is 10.7. The summed E-state index contributed by atoms with van der Waals surface area (Å²) in [5, 5.41) is 13.8. The van der Waals surface area contributed by atoms with Crippen molar-refractivity contribution in [3.05, 3.63) is 58.2 Å². The van der Waals surface area contributed by atoms with Gasteiger partial charge in [0.15, 0.2) is 5.75 Å². The van der Waals surface area contributed by atoms with E-state index in [4.69, 9.17) is 4.74 Å². The van der Waals surface area contributed by atoms with Crippen molar-refractivity contribution in [1.82, 2.24) is 4.98 Å². The predicted molar refractivity (Wildman–Crippen MR) is 71.2 cm³/mol. The van der Waals surface area contributed by atoms with Crippen molar-refractivity contribution in [3.63, 3.8) is 0 Å². The van der Waals surface area contributed by atoms with Crippen molar-refractivity contribution in [1.29, 1.82) is 0 Å². The number of hydrogen-bond donors (Lipinski definition) is 1. The first-order valence-corrected chi connectivity index (χ1v) is 5.79. The minimum atomic E-state index is -0.685. The second-order valence-electron chi connectivity index (χ2n) is 3.94. The second kappa shape index (κ2) is 5.96. The molecule has 1 aromatic heterocycles. The number of hydrogen-bond acceptors (Lipinski definition) is 5. The maximum Gasteiger partial charge on any atom is 0.313 e. The van der Waals surface area contributed by atoms with E-state index in [0.29, 0.717) is 5.69 Å². The Morgan fingerprint density at radius 3 is 2.90 bits per heavy atom. The highest BCUT2D eigenvalue weighted by Crippen LogP contribution is 2.28. The van der Waals surface area contributed by atoms with Gasteiger partial charge in [0.05, 0.1) is 16.7 Å². The number of ether oxygens (including phenoxy) is 1. The van der Waals surface area contributed by atoms with Crippen molar-refractivity contribution in [3.8, 4) is 5.75 Å². The summed E-state index contributed by atoms with van der Waals surface area (Å²) in [6, 6.07) is 6.71. The lowest BCUT2D eigenvalue weighted by atomic mass is 10.3. The average molecular weight is 277 g/mol. The number of pyridine rings is 1. The molecule has 0 spiro atoms. The first-order valence-electron chi connectivity index (χ1n) is 5.79. The van der Waals surface area contributed by atoms with Crippen LogP contribution in [0.25, 0.3) is 0 Å². The number of nitro groups is 1. The number of nitrogens with zero attached hydrogens (tertiary/aromatic N) is 2. The Kier molecular flexibility index (Phi) is 4.09. The molecule has 0 aliphatic heterocycles. The highest BCUT2D eigenvalue weighted by atomic mass is 19.1. The summed E-state index contributed by atoms with van der Waals surface area (Å²) >= 11 is 0. The third-order valence-corrected chi connectivity index (χ3v) is 2.60. The number of aromatic nitrogens is 1. The lowest BCUT2D eigenvalue weighted by Gasteiger charge is -2.07. The number of anilines is 1. The standard InChI is InChI=1S/C13H12FN3O3/c1-15-10-4-5-16-11(7-10)8-20-13-3-2-9(14)6-12(13)17(18)19/h2-7H,8H2,1H3,(H,15,16). The Hall–Kier alpha value is -2.70. The number of halogens is 1. The van der Waals surface area contributed by atoms with E-state index in [1.807, 2.05) is 0 Å². The van der Waals surface area contributed by atoms with E-state index in [1.165, 1.54) is 6.07 Å². The summed E-state index contributed by atoms with van der Waals surface area (Å²) in [5.74, 6) is -0.674. The molecule has 1 heterocycles. The van der Waals surface area contributed by atoms with Gasteiger partial charge in [-0.05, 0) is 24.3 Å². The zero-order chi connectivity index (χ0) is 14.5. The number of nitrogens with one attached hydrogen (secondary N) is 1. The Morgan fingerprint density at radius 1 is 1.40 bits per heavy atom. The van der Waals surface area contributed by atoms with E-state index < -0.39 is 16.4 Å². The van der Waals surface area contributed by atoms with Gasteiger partial charge in [0, 0.05) is 18.9 Å². The van der Waals surface area contributed by atoms with Gasteiger partial charge in [-0.25, -0.2) is 4.39 Å². The van der Waals surface area contributed by atoms with Crippen LogP contribution in [0.3, 0.4) is 0 Å². The van der Waals surface area contributed by atoms with Crippen LogP contribution < -0.4 is 10.1 Å². The monoisotopic (exact) mass is 277 g/mol. The lowest BCUT2D eigenvalue weighted by Crippen LogP contribution is -2.02. The van der Waals surface area contributed by atoms with Gasteiger partial charge in [-0.1, -0.05) is 0 Å². The summed E-state index contributed by atoms with van der Waals surface area (Å²) in [6.07, 6.45) is 1.60. The van der Waals surface area contributed by atoms with E-state index in [-0.39, 0.29) is 12.4 Å². The van der Waals surface area contributed by atoms with E-state index in [2.05, 4.69) is 10.3 Å². The molecular weight excluding hydrogens is 265 g/mol. The summed E-state index contributed by atoms with van der Waals surface area (Å²) in [4.78, 5) is 14.2. The average Bonchev–Trinajstić information content (AvgIpc) is 2.46. The maximum absolute atomic E-state index is 13.0. The summed E-state index contributed by atoms with van der Waals surface area (Å²) < 4.78 is 18.3. The summed E-state index contributed by atoms with van der Waals surface area (Å²) in [6.45, 7) is 0.0575. The molecule has 7 heteroatoms. The third kappa shape index (κ3) is 3.19. The third-order valence-electron chi connectivity index (χ3n) is 2.60. The highest BCUT2D eigenvalue weighted by molar-refractivity contribution is 5.46. The largest absolute Gasteiger partial charge is 0.480 e. The molecule has 6 nitrogen and oxygen atoms in total. The number of benzene rings is 1. The Labute approximate surface area is 114 Å². The number of nitro benzene ring substituents is 1. The summed E-state index contributed by atoms with van der Waals surface area (Å²) in [7, 11) is 1.77. The van der Waals surface area contributed by atoms with Crippen LogP contribution in [0.4, 0.5) is 15.8 Å². The van der Waals surface area contributed by atoms with Gasteiger partial charge < -0.3 is 10.1 Å². The minimum absolute atomic E-state index is 0.00746. The normalized spacial score (nSPS) is 10.1. The van der Waals surface area contributed by atoms with Gasteiger partial charge in [0.25, 0.3) is 0 Å². The van der Waals surface area contributed by atoms with Crippen molar-refractivity contribution in [2.75, 3.05) is 12.4 Å². The molecule has 0 aliphatic carbocycles. The summed E-state index contributed by atoms with van der Waals surface area (Å²) in [5.41, 5.74) is 1.05. The Morgan fingerprint density at radius 2 is 2.20 bits per heavy atom. The zero-order valence-corrected chi connectivity index (χ0v) is 10.7. The molecular formula is C13H12FN3O3. The van der Waals surface area contributed by atoms with Gasteiger partial charge in [-0.15, -0.1) is 0 Å². The van der Waals surface area contributed by atoms with Gasteiger partial charge in [0.2, 0.25) is 0 Å². The van der Waals surface area contributed by atoms with Crippen LogP contribution in [-0.2, 0) is 6.61 Å². The van der Waals surface area contributed by atoms with Crippen molar-refractivity contribution < 1.29 is 14.1 Å². The number of rotatable bonds is 5. The van der Waals surface area contributed by atoms with Crippen LogP contribution in [0.5, 0.6) is 5.75 Å². The minimum Gasteiger partial charge on any atom is -0.480 e. The van der Waals surface area contributed by atoms with Gasteiger partial charge in [-0.3, -0.25) is 15.1 Å². The fourth-order valence-corrected chi connectivity index (χ4v) is 1.62. The molecule has 0 saturated carbocycles. The molecule has 104 valence electrons. The van der Waals surface area contributed by atoms with Crippen LogP contribution in [0.1, 0.15) is 5.69 Å². The molecule has 0 saturated heterocycles. The van der Waals surface area contributed by atoms with Gasteiger partial charge in [0.1, 0.15) is 12.4 Å². The quantitative estimate of drug-likeness (QED) is 0.671. The molecule has 0 aliphatic rings. The van der Waals surface area contributed by atoms with Crippen LogP contribution in [0.2, 0.25) is 0 Å². The molecule has 20 heavy (non-hydrogen) atoms. The van der Waals surface area contributed by atoms with Crippen LogP contribution >= 0.6 is 0 Å². The molecule has 0 atom stereocenters. The lowest BCUT2D eigenvalue weighted by molar-refractivity contribution is -0.386. The smallest absolute Gasteiger partial charge is 0.313 e. The van der Waals surface area contributed by atoms with Gasteiger partial charge in [-0.2, -0.15) is 0 Å². The highest BCUT2D eigenvalue weighted by Gasteiger charge is 2.16. The van der Waals surface area contributed by atoms with Crippen molar-refractivity contribution >= 4 is 11.4 Å². The van der Waals surface area contributed by atoms with Crippen LogP contribution in [-0.4, -0.2) is 17.0 Å². The molecule has 0 bridgehead atoms. The van der Waals surface area contributed by atoms with Crippen molar-refractivity contribution in [2.24, 2.45) is 0 Å². The van der Waals surface area contributed by atoms with Gasteiger partial charge >= 0.3 is 5.69 Å². The molecule has 2 rings (SSSR count). The molecule has 0 fully saturated rings. The van der Waals surface area contributed by atoms with E-state index in [1.54, 1.807) is 25.4 Å². The first-order chi connectivity index (χ1) is 9.60. The SMILES string of the molecule is CNc1ccnc(COc2ccc(F)cc2[N+](=O)[O-])c1. The Balaban J connectivity index is 2.16. The molecule has 2 aromatic rings. The van der Waals surface area contributed by atoms with E-state index >= 15 is 0 Å². The fourth-order valence-electron chi connectivity index (χ4n) is 1.62. The van der Waals surface area contributed by atoms with Crippen molar-refractivity contribution in [2.45, 2.75) is 6.61 Å². The topological polar surface area (TPSA) is 77.3 Å². The fraction of sp³-hybridized carbons (Fsp3) is 0.154. The van der Waals surface area contributed by atoms with Crippen LogP contribution in [0.15, 0.2) is 36.5 Å². The predicted octanol–water partition coefficient (Wildman–Crippen LogP) is 2.75. The van der Waals surface area contributed by atoms with E-state index in [9.17, 15) is 14.5 Å².